The van der Waals surface area contributed by atoms with E-state index in [1.54, 1.807) is 6.20 Å². The molecule has 3 aromatic carbocycles. The van der Waals surface area contributed by atoms with Gasteiger partial charge in [0.05, 0.1) is 17.2 Å². The van der Waals surface area contributed by atoms with Crippen molar-refractivity contribution in [1.29, 1.82) is 0 Å². The van der Waals surface area contributed by atoms with Crippen molar-refractivity contribution in [3.8, 4) is 11.4 Å². The number of hydrogen-bond acceptors (Lipinski definition) is 8. The predicted octanol–water partition coefficient (Wildman–Crippen LogP) is 5.86. The minimum atomic E-state index is -0.628. The molecule has 0 saturated heterocycles. The van der Waals surface area contributed by atoms with Gasteiger partial charge in [0, 0.05) is 40.8 Å². The van der Waals surface area contributed by atoms with Gasteiger partial charge in [-0.1, -0.05) is 24.3 Å². The van der Waals surface area contributed by atoms with E-state index in [-0.39, 0.29) is 6.03 Å². The molecule has 5 aromatic rings. The molecule has 0 fully saturated rings. The number of ether oxygens (including phenoxy) is 1. The molecule has 11 nitrogen and oxygen atoms in total. The first-order valence-electron chi connectivity index (χ1n) is 13.6. The maximum Gasteiger partial charge on any atom is 0.435 e. The molecule has 0 radical (unpaired) electrons. The molecular formula is C31H34N8O3. The topological polar surface area (TPSA) is 126 Å². The third-order valence-electron chi connectivity index (χ3n) is 6.22. The number of carbonyl (C=O) groups excluding carboxylic acids is 2. The largest absolute Gasteiger partial charge is 0.442 e. The van der Waals surface area contributed by atoms with Crippen LogP contribution in [0.15, 0.2) is 72.9 Å². The van der Waals surface area contributed by atoms with Gasteiger partial charge in [-0.3, -0.25) is 0 Å². The Labute approximate surface area is 243 Å². The molecule has 0 unspecified atom stereocenters. The lowest BCUT2D eigenvalue weighted by Crippen LogP contribution is -2.34. The van der Waals surface area contributed by atoms with E-state index in [2.05, 4.69) is 21.0 Å². The van der Waals surface area contributed by atoms with Crippen LogP contribution in [0.2, 0.25) is 0 Å². The minimum Gasteiger partial charge on any atom is -0.442 e. The summed E-state index contributed by atoms with van der Waals surface area (Å²) in [4.78, 5) is 36.6. The van der Waals surface area contributed by atoms with Gasteiger partial charge < -0.3 is 25.6 Å². The summed E-state index contributed by atoms with van der Waals surface area (Å²) in [5, 5.41) is 15.0. The van der Waals surface area contributed by atoms with Gasteiger partial charge >= 0.3 is 12.1 Å². The number of amides is 2. The van der Waals surface area contributed by atoms with E-state index in [1.165, 1.54) is 4.68 Å². The number of anilines is 3. The SMILES string of the molecule is CN(C)CCNC(=O)Nc1cccc(-c2nc(Nc3ccc4c(cnn4C(=O)OC(C)(C)C)c3)c3ccccc3n2)c1. The van der Waals surface area contributed by atoms with Crippen LogP contribution in [-0.4, -0.2) is 69.6 Å². The maximum absolute atomic E-state index is 12.6. The first-order valence-corrected chi connectivity index (χ1v) is 13.6. The van der Waals surface area contributed by atoms with Crippen LogP contribution in [0, 0.1) is 0 Å². The average molecular weight is 567 g/mol. The van der Waals surface area contributed by atoms with Crippen molar-refractivity contribution in [3.63, 3.8) is 0 Å². The quantitative estimate of drug-likeness (QED) is 0.224. The van der Waals surface area contributed by atoms with Crippen LogP contribution in [0.3, 0.4) is 0 Å². The lowest BCUT2D eigenvalue weighted by molar-refractivity contribution is 0.0522. The van der Waals surface area contributed by atoms with Gasteiger partial charge in [0.1, 0.15) is 11.4 Å². The Bertz CT molecular complexity index is 1760. The summed E-state index contributed by atoms with van der Waals surface area (Å²) in [6.07, 6.45) is 1.09. The minimum absolute atomic E-state index is 0.277. The molecule has 0 aliphatic rings. The van der Waals surface area contributed by atoms with Crippen LogP contribution < -0.4 is 16.0 Å². The highest BCUT2D eigenvalue weighted by Gasteiger charge is 2.20. The Morgan fingerprint density at radius 3 is 2.55 bits per heavy atom. The van der Waals surface area contributed by atoms with Gasteiger partial charge in [-0.25, -0.2) is 19.6 Å². The molecule has 0 aliphatic heterocycles. The zero-order valence-electron chi connectivity index (χ0n) is 24.3. The smallest absolute Gasteiger partial charge is 0.435 e. The lowest BCUT2D eigenvalue weighted by Gasteiger charge is -2.19. The molecule has 0 saturated carbocycles. The number of nitrogens with one attached hydrogen (secondary N) is 3. The zero-order valence-corrected chi connectivity index (χ0v) is 24.3. The van der Waals surface area contributed by atoms with Crippen molar-refractivity contribution in [1.82, 2.24) is 30.0 Å². The summed E-state index contributed by atoms with van der Waals surface area (Å²) >= 11 is 0. The predicted molar refractivity (Wildman–Crippen MR) is 165 cm³/mol. The number of nitrogens with zero attached hydrogens (tertiary/aromatic N) is 5. The van der Waals surface area contributed by atoms with Crippen LogP contribution >= 0.6 is 0 Å². The van der Waals surface area contributed by atoms with E-state index in [1.807, 2.05) is 106 Å². The normalized spacial score (nSPS) is 11.6. The molecule has 2 amide bonds. The molecule has 0 atom stereocenters. The number of urea groups is 1. The van der Waals surface area contributed by atoms with Crippen LogP contribution in [0.5, 0.6) is 0 Å². The van der Waals surface area contributed by atoms with E-state index < -0.39 is 11.7 Å². The molecule has 216 valence electrons. The monoisotopic (exact) mass is 566 g/mol. The van der Waals surface area contributed by atoms with Gasteiger partial charge in [-0.2, -0.15) is 9.78 Å². The number of hydrogen-bond donors (Lipinski definition) is 3. The summed E-state index contributed by atoms with van der Waals surface area (Å²) in [5.41, 5.74) is 2.93. The highest BCUT2D eigenvalue weighted by atomic mass is 16.6. The Hall–Kier alpha value is -5.03. The van der Waals surface area contributed by atoms with Gasteiger partial charge in [-0.05, 0) is 77.3 Å². The van der Waals surface area contributed by atoms with Crippen LogP contribution in [0.1, 0.15) is 20.8 Å². The number of fused-ring (bicyclic) bond motifs is 2. The van der Waals surface area contributed by atoms with Crippen LogP contribution in [0.25, 0.3) is 33.2 Å². The van der Waals surface area contributed by atoms with E-state index in [0.29, 0.717) is 29.4 Å². The first kappa shape index (κ1) is 28.5. The lowest BCUT2D eigenvalue weighted by atomic mass is 10.1. The number of likely N-dealkylation sites (N-methyl/N-ethyl adjacent to an activating group) is 1. The number of aromatic nitrogens is 4. The van der Waals surface area contributed by atoms with Crippen molar-refractivity contribution in [2.45, 2.75) is 26.4 Å². The molecule has 3 N–H and O–H groups in total. The molecule has 5 rings (SSSR count). The fourth-order valence-electron chi connectivity index (χ4n) is 4.30. The van der Waals surface area contributed by atoms with Crippen LogP contribution in [0.4, 0.5) is 26.8 Å². The molecule has 2 aromatic heterocycles. The molecule has 42 heavy (non-hydrogen) atoms. The standard InChI is InChI=1S/C31H34N8O3/c1-31(2,3)42-30(41)39-26-14-13-23(18-21(26)19-33-39)34-28-24-11-6-7-12-25(24)36-27(37-28)20-9-8-10-22(17-20)35-29(40)32-15-16-38(4)5/h6-14,17-19H,15-16H2,1-5H3,(H2,32,35,40)(H,34,36,37). The Kier molecular flexibility index (Phi) is 8.03. The van der Waals surface area contributed by atoms with E-state index in [4.69, 9.17) is 14.7 Å². The van der Waals surface area contributed by atoms with Crippen molar-refractivity contribution in [2.24, 2.45) is 0 Å². The Balaban J connectivity index is 1.41. The van der Waals surface area contributed by atoms with E-state index >= 15 is 0 Å². The molecule has 11 heteroatoms. The third kappa shape index (κ3) is 6.81. The van der Waals surface area contributed by atoms with Gasteiger partial charge in [0.2, 0.25) is 0 Å². The summed E-state index contributed by atoms with van der Waals surface area (Å²) in [7, 11) is 3.91. The second-order valence-corrected chi connectivity index (χ2v) is 11.1. The Morgan fingerprint density at radius 2 is 1.76 bits per heavy atom. The number of rotatable bonds is 7. The summed E-state index contributed by atoms with van der Waals surface area (Å²) in [6, 6.07) is 20.5. The van der Waals surface area contributed by atoms with Crippen molar-refractivity contribution < 1.29 is 14.3 Å². The molecular weight excluding hydrogens is 532 g/mol. The fraction of sp³-hybridized carbons (Fsp3) is 0.258. The number of carbonyl (C=O) groups is 2. The van der Waals surface area contributed by atoms with Gasteiger partial charge in [0.15, 0.2) is 5.82 Å². The molecule has 0 spiro atoms. The zero-order chi connectivity index (χ0) is 29.9. The van der Waals surface area contributed by atoms with Crippen molar-refractivity contribution >= 4 is 51.1 Å². The molecule has 0 aliphatic carbocycles. The van der Waals surface area contributed by atoms with Crippen molar-refractivity contribution in [3.05, 3.63) is 72.9 Å². The summed E-state index contributed by atoms with van der Waals surface area (Å²) in [6.45, 7) is 6.73. The van der Waals surface area contributed by atoms with Gasteiger partial charge in [-0.15, -0.1) is 0 Å². The average Bonchev–Trinajstić information content (AvgIpc) is 3.35. The number of benzene rings is 3. The first-order chi connectivity index (χ1) is 20.1. The maximum atomic E-state index is 12.6. The highest BCUT2D eigenvalue weighted by molar-refractivity contribution is 5.95. The Morgan fingerprint density at radius 1 is 0.952 bits per heavy atom. The molecule has 0 bridgehead atoms. The third-order valence-corrected chi connectivity index (χ3v) is 6.22. The number of para-hydroxylation sites is 1. The van der Waals surface area contributed by atoms with E-state index in [9.17, 15) is 9.59 Å². The second-order valence-electron chi connectivity index (χ2n) is 11.1. The van der Waals surface area contributed by atoms with Crippen molar-refractivity contribution in [2.75, 3.05) is 37.8 Å². The second kappa shape index (κ2) is 11.8. The summed E-state index contributed by atoms with van der Waals surface area (Å²) in [5.74, 6) is 1.13. The fourth-order valence-corrected chi connectivity index (χ4v) is 4.30. The molecule has 2 heterocycles. The van der Waals surface area contributed by atoms with Crippen LogP contribution in [-0.2, 0) is 4.74 Å². The highest BCUT2D eigenvalue weighted by Crippen LogP contribution is 2.29. The summed E-state index contributed by atoms with van der Waals surface area (Å²) < 4.78 is 6.73. The van der Waals surface area contributed by atoms with Gasteiger partial charge in [0.25, 0.3) is 0 Å². The van der Waals surface area contributed by atoms with E-state index in [0.717, 1.165) is 34.1 Å².